The molecular formula is C19H18BrFN2O3. The number of fused-ring (bicyclic) bond motifs is 1. The third kappa shape index (κ3) is 4.17. The maximum absolute atomic E-state index is 14.3. The summed E-state index contributed by atoms with van der Waals surface area (Å²) in [7, 11) is 0. The van der Waals surface area contributed by atoms with Crippen molar-refractivity contribution in [2.45, 2.75) is 19.4 Å². The second-order valence-electron chi connectivity index (χ2n) is 6.12. The number of hydrogen-bond donors (Lipinski definition) is 2. The highest BCUT2D eigenvalue weighted by atomic mass is 79.9. The number of nitrogens with one attached hydrogen (secondary N) is 1. The lowest BCUT2D eigenvalue weighted by atomic mass is 9.94. The van der Waals surface area contributed by atoms with E-state index in [1.807, 2.05) is 0 Å². The first-order valence-electron chi connectivity index (χ1n) is 8.13. The molecule has 0 spiro atoms. The molecule has 7 heteroatoms. The highest BCUT2D eigenvalue weighted by molar-refractivity contribution is 9.10. The predicted molar refractivity (Wildman–Crippen MR) is 99.8 cm³/mol. The molecule has 136 valence electrons. The van der Waals surface area contributed by atoms with E-state index in [4.69, 9.17) is 4.74 Å². The summed E-state index contributed by atoms with van der Waals surface area (Å²) >= 11 is 3.25. The van der Waals surface area contributed by atoms with Crippen molar-refractivity contribution in [2.24, 2.45) is 0 Å². The van der Waals surface area contributed by atoms with Gasteiger partial charge in [0.2, 0.25) is 0 Å². The van der Waals surface area contributed by atoms with Gasteiger partial charge in [-0.1, -0.05) is 22.0 Å². The third-order valence-corrected chi connectivity index (χ3v) is 4.50. The Morgan fingerprint density at radius 3 is 2.92 bits per heavy atom. The molecule has 0 radical (unpaired) electrons. The number of aromatic nitrogens is 2. The fraction of sp³-hybridized carbons (Fsp3) is 0.263. The monoisotopic (exact) mass is 420 g/mol. The topological polar surface area (TPSA) is 75.2 Å². The van der Waals surface area contributed by atoms with Crippen LogP contribution in [0.15, 0.2) is 41.0 Å². The first-order valence-corrected chi connectivity index (χ1v) is 8.93. The molecular weight excluding hydrogens is 403 g/mol. The van der Waals surface area contributed by atoms with E-state index in [9.17, 15) is 14.3 Å². The molecule has 1 aromatic heterocycles. The molecule has 0 unspecified atom stereocenters. The van der Waals surface area contributed by atoms with Crippen LogP contribution in [0.4, 0.5) is 4.39 Å². The van der Waals surface area contributed by atoms with E-state index in [1.165, 1.54) is 6.07 Å². The van der Waals surface area contributed by atoms with Crippen LogP contribution < -0.4 is 0 Å². The number of halogens is 2. The third-order valence-electron chi connectivity index (χ3n) is 4.01. The van der Waals surface area contributed by atoms with Crippen molar-refractivity contribution in [3.63, 3.8) is 0 Å². The number of benzene rings is 2. The van der Waals surface area contributed by atoms with Crippen LogP contribution in [0.2, 0.25) is 0 Å². The summed E-state index contributed by atoms with van der Waals surface area (Å²) in [5, 5.41) is 16.9. The number of H-pyrrole nitrogens is 1. The molecule has 26 heavy (non-hydrogen) atoms. The van der Waals surface area contributed by atoms with Crippen molar-refractivity contribution in [3.8, 4) is 0 Å². The molecule has 3 aromatic rings. The van der Waals surface area contributed by atoms with Crippen molar-refractivity contribution in [3.05, 3.63) is 63.5 Å². The van der Waals surface area contributed by atoms with Crippen LogP contribution in [-0.2, 0) is 11.2 Å². The zero-order valence-corrected chi connectivity index (χ0v) is 15.7. The number of aliphatic hydroxyl groups excluding tert-OH is 1. The SMILES string of the molecule is C[C@H](O)COCC(=O)c1ccc2[nH]ncc2c1Cc1ccc(Br)cc1F. The normalized spacial score (nSPS) is 12.5. The van der Waals surface area contributed by atoms with Crippen molar-refractivity contribution in [1.82, 2.24) is 10.2 Å². The van der Waals surface area contributed by atoms with Gasteiger partial charge in [-0.15, -0.1) is 0 Å². The van der Waals surface area contributed by atoms with E-state index >= 15 is 0 Å². The van der Waals surface area contributed by atoms with Crippen LogP contribution in [0.25, 0.3) is 10.9 Å². The van der Waals surface area contributed by atoms with Crippen LogP contribution in [0, 0.1) is 5.82 Å². The van der Waals surface area contributed by atoms with Gasteiger partial charge in [-0.2, -0.15) is 5.10 Å². The van der Waals surface area contributed by atoms with Gasteiger partial charge in [0.25, 0.3) is 0 Å². The van der Waals surface area contributed by atoms with Gasteiger partial charge >= 0.3 is 0 Å². The maximum atomic E-state index is 14.3. The minimum Gasteiger partial charge on any atom is -0.391 e. The van der Waals surface area contributed by atoms with Crippen LogP contribution >= 0.6 is 15.9 Å². The lowest BCUT2D eigenvalue weighted by Crippen LogP contribution is -2.17. The number of aromatic amines is 1. The zero-order chi connectivity index (χ0) is 18.7. The largest absolute Gasteiger partial charge is 0.391 e. The van der Waals surface area contributed by atoms with Crippen LogP contribution in [0.1, 0.15) is 28.4 Å². The van der Waals surface area contributed by atoms with E-state index in [0.29, 0.717) is 21.2 Å². The highest BCUT2D eigenvalue weighted by Gasteiger charge is 2.17. The minimum absolute atomic E-state index is 0.0797. The van der Waals surface area contributed by atoms with Crippen molar-refractivity contribution < 1.29 is 19.0 Å². The fourth-order valence-corrected chi connectivity index (χ4v) is 3.12. The van der Waals surface area contributed by atoms with Crippen molar-refractivity contribution >= 4 is 32.6 Å². The van der Waals surface area contributed by atoms with Gasteiger partial charge in [0.1, 0.15) is 12.4 Å². The summed E-state index contributed by atoms with van der Waals surface area (Å²) < 4.78 is 20.2. The highest BCUT2D eigenvalue weighted by Crippen LogP contribution is 2.26. The Bertz CT molecular complexity index is 940. The Balaban J connectivity index is 1.96. The molecule has 0 bridgehead atoms. The second-order valence-corrected chi connectivity index (χ2v) is 7.04. The number of Topliss-reactive ketones (excluding diaryl/α,β-unsaturated/α-hetero) is 1. The first kappa shape index (κ1) is 18.7. The number of ketones is 1. The number of nitrogens with zero attached hydrogens (tertiary/aromatic N) is 1. The zero-order valence-electron chi connectivity index (χ0n) is 14.1. The van der Waals surface area contributed by atoms with Crippen molar-refractivity contribution in [2.75, 3.05) is 13.2 Å². The Morgan fingerprint density at radius 1 is 1.38 bits per heavy atom. The van der Waals surface area contributed by atoms with Gasteiger partial charge in [0.05, 0.1) is 24.4 Å². The summed E-state index contributed by atoms with van der Waals surface area (Å²) in [6.45, 7) is 1.52. The lowest BCUT2D eigenvalue weighted by Gasteiger charge is -2.12. The Kier molecular flexibility index (Phi) is 5.80. The number of ether oxygens (including phenoxy) is 1. The molecule has 3 rings (SSSR count). The molecule has 0 amide bonds. The van der Waals surface area contributed by atoms with Crippen LogP contribution in [0.5, 0.6) is 0 Å². The average Bonchev–Trinajstić information content (AvgIpc) is 3.06. The molecule has 0 fully saturated rings. The van der Waals surface area contributed by atoms with Gasteiger partial charge < -0.3 is 9.84 Å². The fourth-order valence-electron chi connectivity index (χ4n) is 2.78. The average molecular weight is 421 g/mol. The molecule has 5 nitrogen and oxygen atoms in total. The van der Waals surface area contributed by atoms with E-state index in [-0.39, 0.29) is 31.2 Å². The number of hydrogen-bond acceptors (Lipinski definition) is 4. The molecule has 2 N–H and O–H groups in total. The smallest absolute Gasteiger partial charge is 0.188 e. The number of rotatable bonds is 7. The molecule has 0 aliphatic heterocycles. The van der Waals surface area contributed by atoms with Gasteiger partial charge in [-0.3, -0.25) is 9.89 Å². The maximum Gasteiger partial charge on any atom is 0.188 e. The Hall–Kier alpha value is -2.09. The summed E-state index contributed by atoms with van der Waals surface area (Å²) in [5.74, 6) is -0.565. The molecule has 0 aliphatic carbocycles. The second kappa shape index (κ2) is 8.07. The van der Waals surface area contributed by atoms with E-state index in [1.54, 1.807) is 37.4 Å². The van der Waals surface area contributed by atoms with Gasteiger partial charge in [-0.05, 0) is 42.3 Å². The number of aliphatic hydroxyl groups is 1. The Morgan fingerprint density at radius 2 is 2.19 bits per heavy atom. The molecule has 0 saturated carbocycles. The Labute approximate surface area is 158 Å². The molecule has 1 atom stereocenters. The standard InChI is InChI=1S/C19H18BrFN2O3/c1-11(24)9-26-10-19(25)14-4-5-18-16(8-22-23-18)15(14)6-12-2-3-13(20)7-17(12)21/h2-5,7-8,11,24H,6,9-10H2,1H3,(H,22,23)/t11-/m0/s1. The van der Waals surface area contributed by atoms with E-state index in [0.717, 1.165) is 10.9 Å². The first-order chi connectivity index (χ1) is 12.5. The molecule has 2 aromatic carbocycles. The van der Waals surface area contributed by atoms with Crippen molar-refractivity contribution in [1.29, 1.82) is 0 Å². The quantitative estimate of drug-likeness (QED) is 0.572. The van der Waals surface area contributed by atoms with Crippen LogP contribution in [-0.4, -0.2) is 40.4 Å². The number of carbonyl (C=O) groups is 1. The molecule has 0 aliphatic rings. The predicted octanol–water partition coefficient (Wildman–Crippen LogP) is 3.64. The van der Waals surface area contributed by atoms with Gasteiger partial charge in [0, 0.05) is 21.8 Å². The molecule has 1 heterocycles. The van der Waals surface area contributed by atoms with Gasteiger partial charge in [0.15, 0.2) is 5.78 Å². The number of carbonyl (C=O) groups excluding carboxylic acids is 1. The van der Waals surface area contributed by atoms with Crippen LogP contribution in [0.3, 0.4) is 0 Å². The summed E-state index contributed by atoms with van der Waals surface area (Å²) in [6.07, 6.45) is 1.25. The van der Waals surface area contributed by atoms with E-state index < -0.39 is 6.10 Å². The minimum atomic E-state index is -0.643. The summed E-state index contributed by atoms with van der Waals surface area (Å²) in [4.78, 5) is 12.6. The molecule has 0 saturated heterocycles. The van der Waals surface area contributed by atoms with Gasteiger partial charge in [-0.25, -0.2) is 4.39 Å². The lowest BCUT2D eigenvalue weighted by molar-refractivity contribution is 0.0424. The summed E-state index contributed by atoms with van der Waals surface area (Å²) in [5.41, 5.74) is 2.43. The summed E-state index contributed by atoms with van der Waals surface area (Å²) in [6, 6.07) is 8.32. The van der Waals surface area contributed by atoms with E-state index in [2.05, 4.69) is 26.1 Å².